The first-order chi connectivity index (χ1) is 14.1. The number of ether oxygens (including phenoxy) is 1. The Balaban J connectivity index is 1.42. The third-order valence-electron chi connectivity index (χ3n) is 5.32. The molecule has 1 aromatic heterocycles. The summed E-state index contributed by atoms with van der Waals surface area (Å²) in [7, 11) is 0. The van der Waals surface area contributed by atoms with Crippen molar-refractivity contribution in [2.75, 3.05) is 26.3 Å². The van der Waals surface area contributed by atoms with Crippen molar-refractivity contribution in [2.45, 2.75) is 26.9 Å². The van der Waals surface area contributed by atoms with Crippen molar-refractivity contribution in [3.8, 4) is 0 Å². The molecular weight excluding hydrogens is 362 g/mol. The fraction of sp³-hybridized carbons (Fsp3) is 0.333. The fourth-order valence-electron chi connectivity index (χ4n) is 3.72. The minimum Gasteiger partial charge on any atom is -0.379 e. The number of rotatable bonds is 5. The van der Waals surface area contributed by atoms with Crippen molar-refractivity contribution in [1.82, 2.24) is 15.2 Å². The number of benzene rings is 2. The molecule has 2 aromatic carbocycles. The molecule has 1 aliphatic rings. The van der Waals surface area contributed by atoms with Crippen LogP contribution in [0.5, 0.6) is 0 Å². The van der Waals surface area contributed by atoms with Gasteiger partial charge in [-0.05, 0) is 43.2 Å². The molecule has 2 heterocycles. The van der Waals surface area contributed by atoms with Crippen LogP contribution in [0.3, 0.4) is 0 Å². The quantitative estimate of drug-likeness (QED) is 0.724. The van der Waals surface area contributed by atoms with Crippen molar-refractivity contribution >= 4 is 16.8 Å². The largest absolute Gasteiger partial charge is 0.379 e. The molecule has 5 nitrogen and oxygen atoms in total. The number of amides is 1. The predicted octanol–water partition coefficient (Wildman–Crippen LogP) is 3.61. The molecule has 5 heteroatoms. The van der Waals surface area contributed by atoms with E-state index < -0.39 is 0 Å². The van der Waals surface area contributed by atoms with Gasteiger partial charge in [0, 0.05) is 37.3 Å². The van der Waals surface area contributed by atoms with Crippen LogP contribution < -0.4 is 5.32 Å². The minimum absolute atomic E-state index is 0.0662. The van der Waals surface area contributed by atoms with Crippen LogP contribution in [-0.4, -0.2) is 42.1 Å². The number of hydrogen-bond donors (Lipinski definition) is 1. The molecule has 0 aliphatic carbocycles. The number of carbonyl (C=O) groups is 1. The summed E-state index contributed by atoms with van der Waals surface area (Å²) in [5.74, 6) is -0.0662. The molecular formula is C24H27N3O2. The predicted molar refractivity (Wildman–Crippen MR) is 115 cm³/mol. The van der Waals surface area contributed by atoms with Gasteiger partial charge in [-0.2, -0.15) is 0 Å². The van der Waals surface area contributed by atoms with Crippen molar-refractivity contribution in [2.24, 2.45) is 0 Å². The molecule has 0 atom stereocenters. The van der Waals surface area contributed by atoms with Gasteiger partial charge in [-0.1, -0.05) is 35.9 Å². The maximum absolute atomic E-state index is 12.9. The van der Waals surface area contributed by atoms with Gasteiger partial charge in [0.05, 0.1) is 24.3 Å². The number of fused-ring (bicyclic) bond motifs is 1. The van der Waals surface area contributed by atoms with Gasteiger partial charge in [-0.3, -0.25) is 14.7 Å². The standard InChI is InChI=1S/C24H27N3O2/c1-17-3-8-23-21(13-17)22(14-18(2)26-23)24(28)25-15-19-4-6-20(7-5-19)16-27-9-11-29-12-10-27/h3-8,13-14H,9-12,15-16H2,1-2H3,(H,25,28). The summed E-state index contributed by atoms with van der Waals surface area (Å²) < 4.78 is 5.40. The Morgan fingerprint density at radius 2 is 1.76 bits per heavy atom. The van der Waals surface area contributed by atoms with Crippen LogP contribution >= 0.6 is 0 Å². The number of pyridine rings is 1. The lowest BCUT2D eigenvalue weighted by molar-refractivity contribution is 0.0342. The first kappa shape index (κ1) is 19.6. The number of morpholine rings is 1. The number of carbonyl (C=O) groups excluding carboxylic acids is 1. The lowest BCUT2D eigenvalue weighted by atomic mass is 10.0. The van der Waals surface area contributed by atoms with Crippen LogP contribution in [0.1, 0.15) is 32.7 Å². The molecule has 1 amide bonds. The highest BCUT2D eigenvalue weighted by Gasteiger charge is 2.13. The summed E-state index contributed by atoms with van der Waals surface area (Å²) in [5.41, 5.74) is 5.88. The van der Waals surface area contributed by atoms with Crippen LogP contribution in [0, 0.1) is 13.8 Å². The number of nitrogens with zero attached hydrogens (tertiary/aromatic N) is 2. The molecule has 0 unspecified atom stereocenters. The van der Waals surface area contributed by atoms with E-state index in [1.54, 1.807) is 0 Å². The second-order valence-electron chi connectivity index (χ2n) is 7.72. The lowest BCUT2D eigenvalue weighted by Crippen LogP contribution is -2.35. The molecule has 4 rings (SSSR count). The Morgan fingerprint density at radius 1 is 1.03 bits per heavy atom. The van der Waals surface area contributed by atoms with Gasteiger partial charge in [0.15, 0.2) is 0 Å². The number of aromatic nitrogens is 1. The zero-order valence-electron chi connectivity index (χ0n) is 17.1. The van der Waals surface area contributed by atoms with Crippen LogP contribution in [-0.2, 0) is 17.8 Å². The van der Waals surface area contributed by atoms with Crippen LogP contribution in [0.25, 0.3) is 10.9 Å². The maximum atomic E-state index is 12.9. The maximum Gasteiger partial charge on any atom is 0.252 e. The van der Waals surface area contributed by atoms with Crippen molar-refractivity contribution < 1.29 is 9.53 Å². The second kappa shape index (κ2) is 8.72. The summed E-state index contributed by atoms with van der Waals surface area (Å²) in [4.78, 5) is 19.8. The van der Waals surface area contributed by atoms with Crippen LogP contribution in [0.15, 0.2) is 48.5 Å². The Bertz CT molecular complexity index is 1010. The first-order valence-corrected chi connectivity index (χ1v) is 10.1. The SMILES string of the molecule is Cc1ccc2nc(C)cc(C(=O)NCc3ccc(CN4CCOCC4)cc3)c2c1. The number of nitrogens with one attached hydrogen (secondary N) is 1. The summed E-state index contributed by atoms with van der Waals surface area (Å²) >= 11 is 0. The summed E-state index contributed by atoms with van der Waals surface area (Å²) in [6, 6.07) is 16.4. The van der Waals surface area contributed by atoms with E-state index in [1.807, 2.05) is 38.1 Å². The van der Waals surface area contributed by atoms with E-state index >= 15 is 0 Å². The average Bonchev–Trinajstić information content (AvgIpc) is 2.73. The van der Waals surface area contributed by atoms with E-state index in [0.29, 0.717) is 12.1 Å². The first-order valence-electron chi connectivity index (χ1n) is 10.1. The van der Waals surface area contributed by atoms with Crippen LogP contribution in [0.2, 0.25) is 0 Å². The molecule has 3 aromatic rings. The van der Waals surface area contributed by atoms with Gasteiger partial charge in [0.2, 0.25) is 0 Å². The molecule has 150 valence electrons. The van der Waals surface area contributed by atoms with Crippen molar-refractivity contribution in [3.05, 3.63) is 76.5 Å². The third kappa shape index (κ3) is 4.81. The summed E-state index contributed by atoms with van der Waals surface area (Å²) in [5, 5.41) is 3.96. The zero-order chi connectivity index (χ0) is 20.2. The normalized spacial score (nSPS) is 14.8. The van der Waals surface area contributed by atoms with E-state index in [-0.39, 0.29) is 5.91 Å². The van der Waals surface area contributed by atoms with Crippen molar-refractivity contribution in [3.63, 3.8) is 0 Å². The van der Waals surface area contributed by atoms with Gasteiger partial charge in [0.25, 0.3) is 5.91 Å². The van der Waals surface area contributed by atoms with E-state index in [4.69, 9.17) is 4.74 Å². The van der Waals surface area contributed by atoms with E-state index in [1.165, 1.54) is 5.56 Å². The third-order valence-corrected chi connectivity index (χ3v) is 5.32. The van der Waals surface area contributed by atoms with Gasteiger partial charge >= 0.3 is 0 Å². The molecule has 0 bridgehead atoms. The van der Waals surface area contributed by atoms with E-state index in [0.717, 1.165) is 60.6 Å². The monoisotopic (exact) mass is 389 g/mol. The summed E-state index contributed by atoms with van der Waals surface area (Å²) in [6.45, 7) is 8.98. The summed E-state index contributed by atoms with van der Waals surface area (Å²) in [6.07, 6.45) is 0. The van der Waals surface area contributed by atoms with E-state index in [2.05, 4.69) is 39.5 Å². The van der Waals surface area contributed by atoms with Crippen molar-refractivity contribution in [1.29, 1.82) is 0 Å². The van der Waals surface area contributed by atoms with Gasteiger partial charge < -0.3 is 10.1 Å². The smallest absolute Gasteiger partial charge is 0.252 e. The zero-order valence-corrected chi connectivity index (χ0v) is 17.1. The lowest BCUT2D eigenvalue weighted by Gasteiger charge is -2.26. The Kier molecular flexibility index (Phi) is 5.88. The molecule has 1 fully saturated rings. The number of hydrogen-bond acceptors (Lipinski definition) is 4. The number of aryl methyl sites for hydroxylation is 2. The highest BCUT2D eigenvalue weighted by Crippen LogP contribution is 2.20. The van der Waals surface area contributed by atoms with Crippen LogP contribution in [0.4, 0.5) is 0 Å². The average molecular weight is 389 g/mol. The van der Waals surface area contributed by atoms with Gasteiger partial charge in [-0.15, -0.1) is 0 Å². The molecule has 0 radical (unpaired) electrons. The molecule has 0 spiro atoms. The van der Waals surface area contributed by atoms with Gasteiger partial charge in [-0.25, -0.2) is 0 Å². The highest BCUT2D eigenvalue weighted by atomic mass is 16.5. The minimum atomic E-state index is -0.0662. The van der Waals surface area contributed by atoms with E-state index in [9.17, 15) is 4.79 Å². The second-order valence-corrected chi connectivity index (χ2v) is 7.72. The Labute approximate surface area is 171 Å². The Morgan fingerprint density at radius 3 is 2.52 bits per heavy atom. The fourth-order valence-corrected chi connectivity index (χ4v) is 3.72. The molecule has 1 saturated heterocycles. The van der Waals surface area contributed by atoms with Gasteiger partial charge in [0.1, 0.15) is 0 Å². The topological polar surface area (TPSA) is 54.5 Å². The molecule has 1 N–H and O–H groups in total. The molecule has 1 aliphatic heterocycles. The Hall–Kier alpha value is -2.76. The highest BCUT2D eigenvalue weighted by molar-refractivity contribution is 6.06. The molecule has 29 heavy (non-hydrogen) atoms. The molecule has 0 saturated carbocycles.